The summed E-state index contributed by atoms with van der Waals surface area (Å²) in [5.41, 5.74) is 9.92. The molecule has 2 heterocycles. The number of furan rings is 1. The Kier molecular flexibility index (Phi) is 2.87. The van der Waals surface area contributed by atoms with Crippen LogP contribution in [0.2, 0.25) is 0 Å². The zero-order valence-corrected chi connectivity index (χ0v) is 11.2. The van der Waals surface area contributed by atoms with Gasteiger partial charge in [0.25, 0.3) is 0 Å². The van der Waals surface area contributed by atoms with E-state index >= 15 is 0 Å². The van der Waals surface area contributed by atoms with E-state index < -0.39 is 0 Å². The number of nitrogens with two attached hydrogens (primary N) is 1. The predicted octanol–water partition coefficient (Wildman–Crippen LogP) is 3.08. The van der Waals surface area contributed by atoms with Gasteiger partial charge in [0.15, 0.2) is 0 Å². The van der Waals surface area contributed by atoms with Crippen molar-refractivity contribution in [2.24, 2.45) is 5.73 Å². The summed E-state index contributed by atoms with van der Waals surface area (Å²) in [5.74, 6) is 1.84. The van der Waals surface area contributed by atoms with Crippen molar-refractivity contribution in [2.45, 2.75) is 26.9 Å². The van der Waals surface area contributed by atoms with Gasteiger partial charge in [0.05, 0.1) is 16.6 Å². The third-order valence-electron chi connectivity index (χ3n) is 3.35. The molecule has 0 aliphatic heterocycles. The Morgan fingerprint density at radius 1 is 1.32 bits per heavy atom. The fourth-order valence-corrected chi connectivity index (χ4v) is 2.40. The molecule has 4 heteroatoms. The lowest BCUT2D eigenvalue weighted by Crippen LogP contribution is -1.97. The van der Waals surface area contributed by atoms with Crippen LogP contribution in [0.25, 0.3) is 22.4 Å². The van der Waals surface area contributed by atoms with E-state index in [-0.39, 0.29) is 0 Å². The minimum absolute atomic E-state index is 0.537. The Bertz CT molecular complexity index is 724. The van der Waals surface area contributed by atoms with E-state index in [4.69, 9.17) is 15.1 Å². The lowest BCUT2D eigenvalue weighted by Gasteiger charge is -2.04. The number of aryl methyl sites for hydroxylation is 2. The lowest BCUT2D eigenvalue weighted by molar-refractivity contribution is 0.534. The number of imidazole rings is 1. The van der Waals surface area contributed by atoms with Crippen molar-refractivity contribution in [1.82, 2.24) is 9.55 Å². The highest BCUT2D eigenvalue weighted by atomic mass is 16.3. The number of nitrogens with zero attached hydrogens (tertiary/aromatic N) is 2. The van der Waals surface area contributed by atoms with Gasteiger partial charge in [-0.1, -0.05) is 6.07 Å². The Morgan fingerprint density at radius 3 is 2.79 bits per heavy atom. The van der Waals surface area contributed by atoms with E-state index in [1.165, 1.54) is 0 Å². The number of benzene rings is 1. The van der Waals surface area contributed by atoms with Gasteiger partial charge in [-0.2, -0.15) is 0 Å². The van der Waals surface area contributed by atoms with Crippen molar-refractivity contribution in [3.63, 3.8) is 0 Å². The maximum absolute atomic E-state index is 5.68. The first-order chi connectivity index (χ1) is 9.22. The molecule has 0 spiro atoms. The highest BCUT2D eigenvalue weighted by Gasteiger charge is 2.13. The first-order valence-electron chi connectivity index (χ1n) is 6.47. The van der Waals surface area contributed by atoms with Crippen molar-refractivity contribution in [3.8, 4) is 11.4 Å². The molecule has 19 heavy (non-hydrogen) atoms. The van der Waals surface area contributed by atoms with Gasteiger partial charge in [0.2, 0.25) is 0 Å². The third-order valence-corrected chi connectivity index (χ3v) is 3.35. The molecule has 0 aliphatic rings. The fourth-order valence-electron chi connectivity index (χ4n) is 2.40. The van der Waals surface area contributed by atoms with Crippen LogP contribution in [0.15, 0.2) is 34.9 Å². The lowest BCUT2D eigenvalue weighted by atomic mass is 10.2. The van der Waals surface area contributed by atoms with Crippen molar-refractivity contribution >= 4 is 11.0 Å². The van der Waals surface area contributed by atoms with Crippen molar-refractivity contribution in [1.29, 1.82) is 0 Å². The quantitative estimate of drug-likeness (QED) is 0.782. The van der Waals surface area contributed by atoms with E-state index in [2.05, 4.69) is 29.7 Å². The maximum atomic E-state index is 5.68. The Morgan fingerprint density at radius 2 is 2.16 bits per heavy atom. The first-order valence-corrected chi connectivity index (χ1v) is 6.47. The molecule has 3 aromatic rings. The number of aromatic nitrogens is 2. The van der Waals surface area contributed by atoms with Gasteiger partial charge in [-0.25, -0.2) is 4.98 Å². The Hall–Kier alpha value is -2.07. The molecule has 0 radical (unpaired) electrons. The molecule has 4 nitrogen and oxygen atoms in total. The molecule has 0 atom stereocenters. The van der Waals surface area contributed by atoms with Gasteiger partial charge in [-0.05, 0) is 37.6 Å². The van der Waals surface area contributed by atoms with Crippen LogP contribution < -0.4 is 5.73 Å². The maximum Gasteiger partial charge on any atom is 0.144 e. The molecule has 0 saturated heterocycles. The SMILES string of the molecule is CCn1c(-c2coc(C)c2)nc2cc(CN)ccc21. The van der Waals surface area contributed by atoms with Gasteiger partial charge in [0, 0.05) is 13.1 Å². The molecule has 0 fully saturated rings. The zero-order chi connectivity index (χ0) is 13.4. The van der Waals surface area contributed by atoms with Crippen LogP contribution in [-0.2, 0) is 13.1 Å². The van der Waals surface area contributed by atoms with E-state index in [0.717, 1.165) is 40.3 Å². The Balaban J connectivity index is 2.24. The van der Waals surface area contributed by atoms with Gasteiger partial charge in [0.1, 0.15) is 17.8 Å². The van der Waals surface area contributed by atoms with Gasteiger partial charge >= 0.3 is 0 Å². The fraction of sp³-hybridized carbons (Fsp3) is 0.267. The molecule has 0 saturated carbocycles. The summed E-state index contributed by atoms with van der Waals surface area (Å²) in [7, 11) is 0. The third kappa shape index (κ3) is 1.94. The van der Waals surface area contributed by atoms with E-state index in [1.807, 2.05) is 13.0 Å². The van der Waals surface area contributed by atoms with Crippen molar-refractivity contribution in [3.05, 3.63) is 41.9 Å². The molecule has 0 amide bonds. The average Bonchev–Trinajstić information content (AvgIpc) is 3.00. The van der Waals surface area contributed by atoms with Crippen LogP contribution in [0, 0.1) is 6.92 Å². The second kappa shape index (κ2) is 4.55. The normalized spacial score (nSPS) is 11.3. The average molecular weight is 255 g/mol. The summed E-state index contributed by atoms with van der Waals surface area (Å²) >= 11 is 0. The van der Waals surface area contributed by atoms with Crippen LogP contribution in [-0.4, -0.2) is 9.55 Å². The highest BCUT2D eigenvalue weighted by Crippen LogP contribution is 2.26. The first kappa shape index (κ1) is 12.0. The van der Waals surface area contributed by atoms with Gasteiger partial charge < -0.3 is 14.7 Å². The highest BCUT2D eigenvalue weighted by molar-refractivity contribution is 5.81. The topological polar surface area (TPSA) is 57.0 Å². The van der Waals surface area contributed by atoms with Crippen LogP contribution >= 0.6 is 0 Å². The summed E-state index contributed by atoms with van der Waals surface area (Å²) in [6.45, 7) is 5.47. The largest absolute Gasteiger partial charge is 0.469 e. The summed E-state index contributed by atoms with van der Waals surface area (Å²) in [5, 5.41) is 0. The standard InChI is InChI=1S/C15H17N3O/c1-3-18-14-5-4-11(8-16)7-13(14)17-15(18)12-6-10(2)19-9-12/h4-7,9H,3,8,16H2,1-2H3. The molecular formula is C15H17N3O. The van der Waals surface area contributed by atoms with Crippen LogP contribution in [0.4, 0.5) is 0 Å². The van der Waals surface area contributed by atoms with Crippen LogP contribution in [0.1, 0.15) is 18.2 Å². The smallest absolute Gasteiger partial charge is 0.144 e. The molecule has 3 rings (SSSR count). The van der Waals surface area contributed by atoms with Crippen molar-refractivity contribution < 1.29 is 4.42 Å². The van der Waals surface area contributed by atoms with Gasteiger partial charge in [-0.3, -0.25) is 0 Å². The number of rotatable bonds is 3. The number of fused-ring (bicyclic) bond motifs is 1. The summed E-state index contributed by atoms with van der Waals surface area (Å²) in [4.78, 5) is 4.72. The second-order valence-corrected chi connectivity index (χ2v) is 4.65. The molecule has 0 unspecified atom stereocenters. The molecule has 2 aromatic heterocycles. The molecule has 98 valence electrons. The summed E-state index contributed by atoms with van der Waals surface area (Å²) < 4.78 is 7.58. The zero-order valence-electron chi connectivity index (χ0n) is 11.2. The van der Waals surface area contributed by atoms with Crippen LogP contribution in [0.5, 0.6) is 0 Å². The predicted molar refractivity (Wildman–Crippen MR) is 75.7 cm³/mol. The number of hydrogen-bond donors (Lipinski definition) is 1. The Labute approximate surface area is 111 Å². The molecular weight excluding hydrogens is 238 g/mol. The minimum Gasteiger partial charge on any atom is -0.469 e. The van der Waals surface area contributed by atoms with Crippen LogP contribution in [0.3, 0.4) is 0 Å². The van der Waals surface area contributed by atoms with Crippen molar-refractivity contribution in [2.75, 3.05) is 0 Å². The summed E-state index contributed by atoms with van der Waals surface area (Å²) in [6, 6.07) is 8.21. The van der Waals surface area contributed by atoms with E-state index in [0.29, 0.717) is 6.54 Å². The van der Waals surface area contributed by atoms with E-state index in [9.17, 15) is 0 Å². The monoisotopic (exact) mass is 255 g/mol. The summed E-state index contributed by atoms with van der Waals surface area (Å²) in [6.07, 6.45) is 1.76. The number of hydrogen-bond acceptors (Lipinski definition) is 3. The van der Waals surface area contributed by atoms with E-state index in [1.54, 1.807) is 6.26 Å². The van der Waals surface area contributed by atoms with Gasteiger partial charge in [-0.15, -0.1) is 0 Å². The second-order valence-electron chi connectivity index (χ2n) is 4.65. The molecule has 0 bridgehead atoms. The molecule has 2 N–H and O–H groups in total. The minimum atomic E-state index is 0.537. The molecule has 0 aliphatic carbocycles. The molecule has 1 aromatic carbocycles.